The molecule has 1 fully saturated rings. The van der Waals surface area contributed by atoms with Gasteiger partial charge in [0.2, 0.25) is 0 Å². The molecule has 2 aromatic carbocycles. The maximum Gasteiger partial charge on any atom is 0.253 e. The second-order valence-corrected chi connectivity index (χ2v) is 6.73. The molecule has 1 amide bonds. The van der Waals surface area contributed by atoms with Crippen LogP contribution in [0.25, 0.3) is 0 Å². The van der Waals surface area contributed by atoms with Gasteiger partial charge in [-0.05, 0) is 49.1 Å². The number of nitrogens with zero attached hydrogens (tertiary/aromatic N) is 2. The monoisotopic (exact) mass is 346 g/mol. The first-order valence-electron chi connectivity index (χ1n) is 9.03. The fraction of sp³-hybridized carbons (Fsp3) is 0.318. The average Bonchev–Trinajstić information content (AvgIpc) is 2.72. The van der Waals surface area contributed by atoms with Gasteiger partial charge in [-0.25, -0.2) is 0 Å². The Kier molecular flexibility index (Phi) is 5.80. The number of aryl methyl sites for hydroxylation is 1. The molecule has 0 unspecified atom stereocenters. The quantitative estimate of drug-likeness (QED) is 0.831. The first-order chi connectivity index (χ1) is 12.7. The van der Waals surface area contributed by atoms with E-state index >= 15 is 0 Å². The maximum atomic E-state index is 12.7. The highest BCUT2D eigenvalue weighted by molar-refractivity contribution is 5.95. The first-order valence-corrected chi connectivity index (χ1v) is 9.03. The van der Waals surface area contributed by atoms with Crippen LogP contribution < -0.4 is 0 Å². The van der Waals surface area contributed by atoms with Crippen LogP contribution in [-0.4, -0.2) is 29.7 Å². The van der Waals surface area contributed by atoms with Gasteiger partial charge in [-0.2, -0.15) is 5.26 Å². The molecule has 1 heterocycles. The predicted molar refractivity (Wildman–Crippen MR) is 99.6 cm³/mol. The van der Waals surface area contributed by atoms with E-state index in [1.807, 2.05) is 30.3 Å². The number of amides is 1. The number of hydrogen-bond donors (Lipinski definition) is 0. The Balaban J connectivity index is 1.58. The van der Waals surface area contributed by atoms with Gasteiger partial charge in [0.15, 0.2) is 0 Å². The van der Waals surface area contributed by atoms with Crippen LogP contribution >= 0.6 is 0 Å². The number of carbonyl (C=O) groups is 2. The lowest BCUT2D eigenvalue weighted by molar-refractivity contribution is -0.124. The molecule has 0 bridgehead atoms. The number of benzene rings is 2. The van der Waals surface area contributed by atoms with E-state index in [4.69, 9.17) is 5.26 Å². The molecule has 26 heavy (non-hydrogen) atoms. The minimum Gasteiger partial charge on any atom is -0.338 e. The normalized spacial score (nSPS) is 16.7. The van der Waals surface area contributed by atoms with E-state index in [0.717, 1.165) is 19.3 Å². The molecule has 0 aromatic heterocycles. The Hall–Kier alpha value is -2.93. The van der Waals surface area contributed by atoms with Gasteiger partial charge < -0.3 is 4.90 Å². The van der Waals surface area contributed by atoms with Crippen molar-refractivity contribution in [3.63, 3.8) is 0 Å². The van der Waals surface area contributed by atoms with Gasteiger partial charge in [0.25, 0.3) is 5.91 Å². The van der Waals surface area contributed by atoms with E-state index in [1.165, 1.54) is 5.56 Å². The zero-order valence-corrected chi connectivity index (χ0v) is 14.7. The maximum absolute atomic E-state index is 12.7. The van der Waals surface area contributed by atoms with Crippen LogP contribution in [0.5, 0.6) is 0 Å². The molecular formula is C22H22N2O2. The zero-order chi connectivity index (χ0) is 18.4. The van der Waals surface area contributed by atoms with Crippen molar-refractivity contribution in [3.8, 4) is 6.07 Å². The largest absolute Gasteiger partial charge is 0.338 e. The van der Waals surface area contributed by atoms with E-state index in [9.17, 15) is 9.59 Å². The second kappa shape index (κ2) is 8.44. The third-order valence-corrected chi connectivity index (χ3v) is 4.93. The van der Waals surface area contributed by atoms with Crippen molar-refractivity contribution in [2.24, 2.45) is 5.92 Å². The van der Waals surface area contributed by atoms with Crippen molar-refractivity contribution < 1.29 is 9.59 Å². The molecule has 1 aliphatic rings. The van der Waals surface area contributed by atoms with Crippen LogP contribution in [0.1, 0.15) is 40.7 Å². The summed E-state index contributed by atoms with van der Waals surface area (Å²) in [6, 6.07) is 18.7. The van der Waals surface area contributed by atoms with Crippen LogP contribution in [0.2, 0.25) is 0 Å². The number of carbonyl (C=O) groups excluding carboxylic acids is 2. The molecule has 0 aliphatic carbocycles. The molecule has 3 rings (SSSR count). The van der Waals surface area contributed by atoms with Gasteiger partial charge >= 0.3 is 0 Å². The highest BCUT2D eigenvalue weighted by Crippen LogP contribution is 2.21. The van der Waals surface area contributed by atoms with Gasteiger partial charge in [0.1, 0.15) is 5.78 Å². The average molecular weight is 346 g/mol. The van der Waals surface area contributed by atoms with Crippen molar-refractivity contribution in [1.82, 2.24) is 4.90 Å². The van der Waals surface area contributed by atoms with Crippen molar-refractivity contribution in [1.29, 1.82) is 5.26 Å². The van der Waals surface area contributed by atoms with Gasteiger partial charge in [-0.1, -0.05) is 30.3 Å². The summed E-state index contributed by atoms with van der Waals surface area (Å²) in [7, 11) is 0. The van der Waals surface area contributed by atoms with Crippen LogP contribution in [-0.2, 0) is 11.2 Å². The highest BCUT2D eigenvalue weighted by Gasteiger charge is 2.28. The summed E-state index contributed by atoms with van der Waals surface area (Å²) in [6.07, 6.45) is 2.97. The molecule has 1 atom stereocenters. The van der Waals surface area contributed by atoms with Gasteiger partial charge in [-0.15, -0.1) is 0 Å². The minimum absolute atomic E-state index is 0.0601. The van der Waals surface area contributed by atoms with Crippen LogP contribution in [0, 0.1) is 17.2 Å². The molecule has 1 saturated heterocycles. The number of likely N-dealkylation sites (tertiary alicyclic amines) is 1. The smallest absolute Gasteiger partial charge is 0.253 e. The Morgan fingerprint density at radius 2 is 1.81 bits per heavy atom. The number of piperidine rings is 1. The summed E-state index contributed by atoms with van der Waals surface area (Å²) in [4.78, 5) is 27.0. The summed E-state index contributed by atoms with van der Waals surface area (Å²) in [5, 5.41) is 8.86. The lowest BCUT2D eigenvalue weighted by Crippen LogP contribution is -2.42. The van der Waals surface area contributed by atoms with Crippen molar-refractivity contribution in [3.05, 3.63) is 71.3 Å². The van der Waals surface area contributed by atoms with Crippen LogP contribution in [0.4, 0.5) is 0 Å². The predicted octanol–water partition coefficient (Wildman–Crippen LogP) is 3.61. The molecule has 132 valence electrons. The molecule has 0 N–H and O–H groups in total. The summed E-state index contributed by atoms with van der Waals surface area (Å²) >= 11 is 0. The van der Waals surface area contributed by atoms with E-state index in [0.29, 0.717) is 30.6 Å². The van der Waals surface area contributed by atoms with E-state index in [-0.39, 0.29) is 17.6 Å². The summed E-state index contributed by atoms with van der Waals surface area (Å²) in [5.41, 5.74) is 2.28. The summed E-state index contributed by atoms with van der Waals surface area (Å²) in [5.74, 6) is 0.107. The summed E-state index contributed by atoms with van der Waals surface area (Å²) in [6.45, 7) is 1.17. The second-order valence-electron chi connectivity index (χ2n) is 6.73. The number of ketones is 1. The topological polar surface area (TPSA) is 61.2 Å². The molecule has 4 nitrogen and oxygen atoms in total. The fourth-order valence-electron chi connectivity index (χ4n) is 3.41. The van der Waals surface area contributed by atoms with Gasteiger partial charge in [-0.3, -0.25) is 9.59 Å². The first kappa shape index (κ1) is 17.9. The highest BCUT2D eigenvalue weighted by atomic mass is 16.2. The Morgan fingerprint density at radius 1 is 1.08 bits per heavy atom. The molecule has 4 heteroatoms. The standard InChI is InChI=1S/C22H22N2O2/c23-15-18-8-11-19(12-9-18)22(26)24-14-4-7-20(16-24)21(25)13-10-17-5-2-1-3-6-17/h1-3,5-6,8-9,11-12,20H,4,7,10,13-14,16H2/t20-/m1/s1. The molecule has 0 saturated carbocycles. The molecular weight excluding hydrogens is 324 g/mol. The van der Waals surface area contributed by atoms with Gasteiger partial charge in [0, 0.05) is 31.0 Å². The Labute approximate surface area is 154 Å². The van der Waals surface area contributed by atoms with Crippen LogP contribution in [0.3, 0.4) is 0 Å². The number of hydrogen-bond acceptors (Lipinski definition) is 3. The number of nitriles is 1. The van der Waals surface area contributed by atoms with E-state index in [1.54, 1.807) is 29.2 Å². The number of rotatable bonds is 5. The van der Waals surface area contributed by atoms with Crippen molar-refractivity contribution >= 4 is 11.7 Å². The molecule has 2 aromatic rings. The SMILES string of the molecule is N#Cc1ccc(C(=O)N2CCC[C@@H](C(=O)CCc3ccccc3)C2)cc1. The van der Waals surface area contributed by atoms with Crippen LogP contribution in [0.15, 0.2) is 54.6 Å². The van der Waals surface area contributed by atoms with Gasteiger partial charge in [0.05, 0.1) is 11.6 Å². The molecule has 1 aliphatic heterocycles. The lowest BCUT2D eigenvalue weighted by atomic mass is 9.90. The lowest BCUT2D eigenvalue weighted by Gasteiger charge is -2.32. The molecule has 0 spiro atoms. The third kappa shape index (κ3) is 4.37. The summed E-state index contributed by atoms with van der Waals surface area (Å²) < 4.78 is 0. The van der Waals surface area contributed by atoms with Crippen molar-refractivity contribution in [2.75, 3.05) is 13.1 Å². The van der Waals surface area contributed by atoms with E-state index < -0.39 is 0 Å². The Bertz CT molecular complexity index is 806. The minimum atomic E-state index is -0.0743. The van der Waals surface area contributed by atoms with E-state index in [2.05, 4.69) is 6.07 Å². The zero-order valence-electron chi connectivity index (χ0n) is 14.7. The van der Waals surface area contributed by atoms with Crippen molar-refractivity contribution in [2.45, 2.75) is 25.7 Å². The number of Topliss-reactive ketones (excluding diaryl/α,β-unsaturated/α-hetero) is 1. The Morgan fingerprint density at radius 3 is 2.50 bits per heavy atom. The fourth-order valence-corrected chi connectivity index (χ4v) is 3.41. The molecule has 0 radical (unpaired) electrons. The third-order valence-electron chi connectivity index (χ3n) is 4.93.